The number of anilines is 1. The Labute approximate surface area is 173 Å². The third-order valence-corrected chi connectivity index (χ3v) is 5.40. The molecule has 0 saturated heterocycles. The number of aromatic amines is 1. The van der Waals surface area contributed by atoms with E-state index in [-0.39, 0.29) is 6.03 Å². The number of hydrogen-bond donors (Lipinski definition) is 3. The molecule has 4 aromatic rings. The number of aromatic nitrogens is 3. The lowest BCUT2D eigenvalue weighted by atomic mass is 10.1. The molecular weight excluding hydrogens is 382 g/mol. The highest BCUT2D eigenvalue weighted by Crippen LogP contribution is 2.26. The Morgan fingerprint density at radius 2 is 1.93 bits per heavy atom. The summed E-state index contributed by atoms with van der Waals surface area (Å²) in [5, 5.41) is 15.4. The summed E-state index contributed by atoms with van der Waals surface area (Å²) in [6, 6.07) is 15.9. The van der Waals surface area contributed by atoms with Crippen LogP contribution in [0, 0.1) is 6.92 Å². The molecule has 4 rings (SSSR count). The highest BCUT2D eigenvalue weighted by Gasteiger charge is 2.08. The van der Waals surface area contributed by atoms with Crippen molar-refractivity contribution < 1.29 is 4.79 Å². The molecule has 6 nitrogen and oxygen atoms in total. The number of benzene rings is 2. The maximum Gasteiger partial charge on any atom is 0.319 e. The summed E-state index contributed by atoms with van der Waals surface area (Å²) in [5.74, 6) is 0. The molecule has 29 heavy (non-hydrogen) atoms. The monoisotopic (exact) mass is 403 g/mol. The fourth-order valence-corrected chi connectivity index (χ4v) is 3.82. The van der Waals surface area contributed by atoms with Gasteiger partial charge in [0.15, 0.2) is 0 Å². The van der Waals surface area contributed by atoms with Gasteiger partial charge in [-0.2, -0.15) is 5.10 Å². The fourth-order valence-electron chi connectivity index (χ4n) is 2.99. The molecule has 0 bridgehead atoms. The molecule has 146 valence electrons. The number of H-pyrrole nitrogens is 1. The zero-order valence-electron chi connectivity index (χ0n) is 16.0. The molecule has 2 amide bonds. The molecule has 0 aliphatic rings. The normalized spacial score (nSPS) is 10.7. The van der Waals surface area contributed by atoms with Crippen LogP contribution in [-0.2, 0) is 13.0 Å². The molecule has 0 aliphatic carbocycles. The molecule has 2 heterocycles. The molecular formula is C22H21N5OS. The maximum absolute atomic E-state index is 12.0. The molecule has 0 spiro atoms. The van der Waals surface area contributed by atoms with Gasteiger partial charge in [0, 0.05) is 41.4 Å². The van der Waals surface area contributed by atoms with Gasteiger partial charge in [-0.25, -0.2) is 9.78 Å². The van der Waals surface area contributed by atoms with Gasteiger partial charge < -0.3 is 10.6 Å². The summed E-state index contributed by atoms with van der Waals surface area (Å²) < 4.78 is 0. The van der Waals surface area contributed by atoms with Crippen LogP contribution in [0.3, 0.4) is 0 Å². The van der Waals surface area contributed by atoms with E-state index in [1.165, 1.54) is 11.1 Å². The summed E-state index contributed by atoms with van der Waals surface area (Å²) in [6.07, 6.45) is 4.19. The average Bonchev–Trinajstić information content (AvgIpc) is 3.40. The quantitative estimate of drug-likeness (QED) is 0.434. The Kier molecular flexibility index (Phi) is 5.67. The minimum absolute atomic E-state index is 0.248. The highest BCUT2D eigenvalue weighted by molar-refractivity contribution is 7.10. The van der Waals surface area contributed by atoms with Gasteiger partial charge in [0.2, 0.25) is 0 Å². The zero-order chi connectivity index (χ0) is 20.1. The molecule has 7 heteroatoms. The second-order valence-electron chi connectivity index (χ2n) is 6.73. The first-order valence-electron chi connectivity index (χ1n) is 9.29. The summed E-state index contributed by atoms with van der Waals surface area (Å²) >= 11 is 1.67. The third-order valence-electron chi connectivity index (χ3n) is 4.55. The molecule has 2 aromatic carbocycles. The van der Waals surface area contributed by atoms with E-state index < -0.39 is 0 Å². The summed E-state index contributed by atoms with van der Waals surface area (Å²) in [5.41, 5.74) is 6.25. The largest absolute Gasteiger partial charge is 0.334 e. The Morgan fingerprint density at radius 1 is 1.10 bits per heavy atom. The van der Waals surface area contributed by atoms with Crippen LogP contribution < -0.4 is 10.6 Å². The SMILES string of the molecule is Cc1ccccc1-c1csc(Cc2ccc(NC(=O)NCc3cn[nH]c3)cc2)n1. The second-order valence-corrected chi connectivity index (χ2v) is 7.67. The lowest BCUT2D eigenvalue weighted by Gasteiger charge is -2.07. The Bertz CT molecular complexity index is 1090. The van der Waals surface area contributed by atoms with Crippen LogP contribution in [0.5, 0.6) is 0 Å². The Hall–Kier alpha value is -3.45. The lowest BCUT2D eigenvalue weighted by molar-refractivity contribution is 0.251. The molecule has 2 aromatic heterocycles. The van der Waals surface area contributed by atoms with Gasteiger partial charge in [0.1, 0.15) is 0 Å². The van der Waals surface area contributed by atoms with E-state index in [2.05, 4.69) is 45.3 Å². The smallest absolute Gasteiger partial charge is 0.319 e. The molecule has 0 fully saturated rings. The van der Waals surface area contributed by atoms with E-state index in [0.717, 1.165) is 33.9 Å². The van der Waals surface area contributed by atoms with E-state index in [1.807, 2.05) is 36.4 Å². The third kappa shape index (κ3) is 4.89. The van der Waals surface area contributed by atoms with Crippen LogP contribution in [0.15, 0.2) is 66.3 Å². The summed E-state index contributed by atoms with van der Waals surface area (Å²) in [6.45, 7) is 2.53. The molecule has 0 aliphatic heterocycles. The molecule has 3 N–H and O–H groups in total. The van der Waals surface area contributed by atoms with Crippen molar-refractivity contribution in [1.82, 2.24) is 20.5 Å². The van der Waals surface area contributed by atoms with E-state index in [4.69, 9.17) is 4.98 Å². The van der Waals surface area contributed by atoms with Gasteiger partial charge in [-0.1, -0.05) is 36.4 Å². The van der Waals surface area contributed by atoms with Gasteiger partial charge >= 0.3 is 6.03 Å². The number of amides is 2. The van der Waals surface area contributed by atoms with E-state index in [0.29, 0.717) is 6.54 Å². The predicted molar refractivity (Wildman–Crippen MR) is 116 cm³/mol. The van der Waals surface area contributed by atoms with Crippen molar-refractivity contribution in [3.63, 3.8) is 0 Å². The summed E-state index contributed by atoms with van der Waals surface area (Å²) in [7, 11) is 0. The average molecular weight is 404 g/mol. The second kappa shape index (κ2) is 8.70. The van der Waals surface area contributed by atoms with Crippen molar-refractivity contribution >= 4 is 23.1 Å². The van der Waals surface area contributed by atoms with E-state index in [9.17, 15) is 4.79 Å². The number of hydrogen-bond acceptors (Lipinski definition) is 4. The lowest BCUT2D eigenvalue weighted by Crippen LogP contribution is -2.27. The predicted octanol–water partition coefficient (Wildman–Crippen LogP) is 4.75. The Balaban J connectivity index is 1.34. The molecule has 0 unspecified atom stereocenters. The number of nitrogens with one attached hydrogen (secondary N) is 3. The number of urea groups is 1. The van der Waals surface area contributed by atoms with Crippen LogP contribution in [-0.4, -0.2) is 21.2 Å². The van der Waals surface area contributed by atoms with Gasteiger partial charge in [0.25, 0.3) is 0 Å². The van der Waals surface area contributed by atoms with Crippen molar-refractivity contribution in [2.75, 3.05) is 5.32 Å². The van der Waals surface area contributed by atoms with E-state index in [1.54, 1.807) is 23.7 Å². The van der Waals surface area contributed by atoms with Crippen molar-refractivity contribution in [2.45, 2.75) is 19.9 Å². The van der Waals surface area contributed by atoms with Crippen molar-refractivity contribution in [2.24, 2.45) is 0 Å². The van der Waals surface area contributed by atoms with Crippen LogP contribution >= 0.6 is 11.3 Å². The first kappa shape index (κ1) is 18.9. The van der Waals surface area contributed by atoms with Crippen LogP contribution in [0.1, 0.15) is 21.7 Å². The van der Waals surface area contributed by atoms with Crippen LogP contribution in [0.25, 0.3) is 11.3 Å². The fraction of sp³-hybridized carbons (Fsp3) is 0.136. The minimum atomic E-state index is -0.248. The van der Waals surface area contributed by atoms with Crippen LogP contribution in [0.4, 0.5) is 10.5 Å². The summed E-state index contributed by atoms with van der Waals surface area (Å²) in [4.78, 5) is 16.8. The first-order chi connectivity index (χ1) is 14.2. The Morgan fingerprint density at radius 3 is 2.69 bits per heavy atom. The number of rotatable bonds is 6. The van der Waals surface area contributed by atoms with Crippen molar-refractivity contribution in [3.8, 4) is 11.3 Å². The highest BCUT2D eigenvalue weighted by atomic mass is 32.1. The topological polar surface area (TPSA) is 82.7 Å². The molecule has 0 radical (unpaired) electrons. The molecule has 0 atom stereocenters. The number of thiazole rings is 1. The van der Waals surface area contributed by atoms with Gasteiger partial charge in [-0.05, 0) is 30.2 Å². The van der Waals surface area contributed by atoms with Crippen molar-refractivity contribution in [3.05, 3.63) is 88.0 Å². The molecule has 0 saturated carbocycles. The van der Waals surface area contributed by atoms with E-state index >= 15 is 0 Å². The maximum atomic E-state index is 12.0. The minimum Gasteiger partial charge on any atom is -0.334 e. The van der Waals surface area contributed by atoms with Crippen LogP contribution in [0.2, 0.25) is 0 Å². The van der Waals surface area contributed by atoms with Gasteiger partial charge in [0.05, 0.1) is 16.9 Å². The standard InChI is InChI=1S/C22H21N5OS/c1-15-4-2-3-5-19(15)20-14-29-21(27-20)10-16-6-8-18(9-7-16)26-22(28)23-11-17-12-24-25-13-17/h2-9,12-14H,10-11H2,1H3,(H,24,25)(H2,23,26,28). The number of carbonyl (C=O) groups is 1. The van der Waals surface area contributed by atoms with Gasteiger partial charge in [-0.15, -0.1) is 11.3 Å². The zero-order valence-corrected chi connectivity index (χ0v) is 16.8. The number of carbonyl (C=O) groups excluding carboxylic acids is 1. The number of nitrogens with zero attached hydrogens (tertiary/aromatic N) is 2. The van der Waals surface area contributed by atoms with Gasteiger partial charge in [-0.3, -0.25) is 5.10 Å². The van der Waals surface area contributed by atoms with Crippen molar-refractivity contribution in [1.29, 1.82) is 0 Å². The number of aryl methyl sites for hydroxylation is 1. The first-order valence-corrected chi connectivity index (χ1v) is 10.2.